The van der Waals surface area contributed by atoms with Crippen molar-refractivity contribution in [2.24, 2.45) is 17.3 Å². The standard InChI is InChI=1S/C36H40N2O5/c39-32-23-36(35(41)42)22-28(36)15-8-3-1-2-7-14-27(18-17-25-11-5-4-6-12-25)34(40)38-24-29(21-31(32)38)43-33-30-16-10-9-13-26(30)19-20-37-33/h4-6,8-13,15-16,19-20,27-29,31H,1-3,7,14,17-18,21-24H2,(H,41,42)/b15-8-/t27-,28+,29-,31+,36-/m1/s1. The zero-order chi connectivity index (χ0) is 29.8. The minimum absolute atomic E-state index is 0.0176. The number of Topliss-reactive ketones (excluding diaryl/α,β-unsaturated/α-hetero) is 1. The van der Waals surface area contributed by atoms with Crippen molar-refractivity contribution in [2.75, 3.05) is 6.54 Å². The largest absolute Gasteiger partial charge is 0.481 e. The maximum atomic E-state index is 14.3. The summed E-state index contributed by atoms with van der Waals surface area (Å²) in [5.41, 5.74) is 0.113. The number of amides is 1. The first-order valence-corrected chi connectivity index (χ1v) is 15.7. The van der Waals surface area contributed by atoms with Crippen LogP contribution in [-0.4, -0.2) is 51.3 Å². The minimum Gasteiger partial charge on any atom is -0.481 e. The van der Waals surface area contributed by atoms with Gasteiger partial charge in [-0.25, -0.2) is 4.98 Å². The van der Waals surface area contributed by atoms with E-state index in [0.717, 1.165) is 49.3 Å². The van der Waals surface area contributed by atoms with Gasteiger partial charge < -0.3 is 14.7 Å². The number of carboxylic acid groups (broad SMARTS) is 1. The third-order valence-corrected chi connectivity index (χ3v) is 9.65. The van der Waals surface area contributed by atoms with E-state index >= 15 is 0 Å². The summed E-state index contributed by atoms with van der Waals surface area (Å²) in [4.78, 5) is 46.9. The van der Waals surface area contributed by atoms with E-state index in [9.17, 15) is 19.5 Å². The van der Waals surface area contributed by atoms with Crippen molar-refractivity contribution in [1.29, 1.82) is 0 Å². The fraction of sp³-hybridized carbons (Fsp3) is 0.444. The normalized spacial score (nSPS) is 28.8. The maximum Gasteiger partial charge on any atom is 0.310 e. The number of aromatic nitrogens is 1. The van der Waals surface area contributed by atoms with Crippen LogP contribution in [0.2, 0.25) is 0 Å². The van der Waals surface area contributed by atoms with Gasteiger partial charge in [-0.3, -0.25) is 14.4 Å². The fourth-order valence-electron chi connectivity index (χ4n) is 7.02. The first-order valence-electron chi connectivity index (χ1n) is 15.7. The molecule has 2 aliphatic heterocycles. The van der Waals surface area contributed by atoms with Gasteiger partial charge in [-0.05, 0) is 67.5 Å². The Morgan fingerprint density at radius 2 is 1.84 bits per heavy atom. The number of pyridine rings is 1. The van der Waals surface area contributed by atoms with Crippen LogP contribution in [0.1, 0.15) is 63.4 Å². The number of nitrogens with zero attached hydrogens (tertiary/aromatic N) is 2. The Kier molecular flexibility index (Phi) is 8.59. The van der Waals surface area contributed by atoms with Crippen LogP contribution in [0.3, 0.4) is 0 Å². The number of carbonyl (C=O) groups is 3. The van der Waals surface area contributed by atoms with Gasteiger partial charge in [0.15, 0.2) is 5.78 Å². The Labute approximate surface area is 252 Å². The molecule has 1 amide bonds. The van der Waals surface area contributed by atoms with Crippen molar-refractivity contribution < 1.29 is 24.2 Å². The third kappa shape index (κ3) is 6.36. The van der Waals surface area contributed by atoms with E-state index in [-0.39, 0.29) is 36.5 Å². The zero-order valence-electron chi connectivity index (χ0n) is 24.6. The number of allylic oxidation sites excluding steroid dienone is 2. The lowest BCUT2D eigenvalue weighted by Gasteiger charge is -2.29. The number of fused-ring (bicyclic) bond motifs is 3. The molecule has 0 bridgehead atoms. The number of carbonyl (C=O) groups excluding carboxylic acids is 2. The second-order valence-corrected chi connectivity index (χ2v) is 12.5. The molecule has 1 saturated heterocycles. The lowest BCUT2D eigenvalue weighted by molar-refractivity contribution is -0.147. The van der Waals surface area contributed by atoms with Crippen LogP contribution < -0.4 is 4.74 Å². The van der Waals surface area contributed by atoms with E-state index in [4.69, 9.17) is 4.74 Å². The Hall–Kier alpha value is -4.00. The number of rotatable bonds is 6. The molecule has 1 saturated carbocycles. The van der Waals surface area contributed by atoms with E-state index in [1.165, 1.54) is 5.56 Å². The molecule has 3 aliphatic rings. The summed E-state index contributed by atoms with van der Waals surface area (Å²) >= 11 is 0. The Morgan fingerprint density at radius 1 is 1.02 bits per heavy atom. The van der Waals surface area contributed by atoms with Crippen LogP contribution in [0.4, 0.5) is 0 Å². The molecule has 7 nitrogen and oxygen atoms in total. The predicted octanol–water partition coefficient (Wildman–Crippen LogP) is 6.40. The van der Waals surface area contributed by atoms with Gasteiger partial charge in [0.2, 0.25) is 11.8 Å². The third-order valence-electron chi connectivity index (χ3n) is 9.65. The van der Waals surface area contributed by atoms with Crippen LogP contribution in [-0.2, 0) is 20.8 Å². The van der Waals surface area contributed by atoms with Crippen LogP contribution in [0.15, 0.2) is 79.0 Å². The van der Waals surface area contributed by atoms with Crippen LogP contribution >= 0.6 is 0 Å². The smallest absolute Gasteiger partial charge is 0.310 e. The van der Waals surface area contributed by atoms with Crippen LogP contribution in [0, 0.1) is 17.3 Å². The van der Waals surface area contributed by atoms with Crippen LogP contribution in [0.5, 0.6) is 5.88 Å². The summed E-state index contributed by atoms with van der Waals surface area (Å²) in [6.07, 6.45) is 12.2. The molecule has 1 aromatic heterocycles. The van der Waals surface area contributed by atoms with Crippen molar-refractivity contribution in [3.05, 3.63) is 84.6 Å². The molecular formula is C36H40N2O5. The van der Waals surface area contributed by atoms with Crippen molar-refractivity contribution in [3.8, 4) is 5.88 Å². The highest BCUT2D eigenvalue weighted by molar-refractivity contribution is 5.95. The number of benzene rings is 2. The molecule has 1 aliphatic carbocycles. The predicted molar refractivity (Wildman–Crippen MR) is 165 cm³/mol. The monoisotopic (exact) mass is 580 g/mol. The van der Waals surface area contributed by atoms with Gasteiger partial charge in [0.05, 0.1) is 18.0 Å². The molecular weight excluding hydrogens is 540 g/mol. The number of aryl methyl sites for hydroxylation is 1. The minimum atomic E-state index is -1.08. The SMILES string of the molecule is O=C1C[C@]2(C(=O)O)C[C@@H]2/C=C\CCCCC[C@H](CCc2ccccc2)C(=O)N2C[C@H](Oc3nccc4ccccc34)C[C@@H]12. The van der Waals surface area contributed by atoms with Crippen LogP contribution in [0.25, 0.3) is 10.8 Å². The quantitative estimate of drug-likeness (QED) is 0.339. The lowest BCUT2D eigenvalue weighted by atomic mass is 9.90. The van der Waals surface area contributed by atoms with Gasteiger partial charge in [-0.1, -0.05) is 73.5 Å². The lowest BCUT2D eigenvalue weighted by Crippen LogP contribution is -2.45. The molecule has 3 aromatic rings. The molecule has 43 heavy (non-hydrogen) atoms. The van der Waals surface area contributed by atoms with E-state index in [1.807, 2.05) is 54.6 Å². The van der Waals surface area contributed by atoms with E-state index in [0.29, 0.717) is 25.1 Å². The first-order chi connectivity index (χ1) is 20.9. The summed E-state index contributed by atoms with van der Waals surface area (Å²) in [7, 11) is 0. The summed E-state index contributed by atoms with van der Waals surface area (Å²) in [6.45, 7) is 0.283. The van der Waals surface area contributed by atoms with Gasteiger partial charge in [0.1, 0.15) is 6.10 Å². The number of aliphatic carboxylic acids is 1. The highest BCUT2D eigenvalue weighted by Gasteiger charge is 2.61. The fourth-order valence-corrected chi connectivity index (χ4v) is 7.02. The highest BCUT2D eigenvalue weighted by Crippen LogP contribution is 2.57. The molecule has 6 rings (SSSR count). The molecule has 2 aromatic carbocycles. The van der Waals surface area contributed by atoms with Crippen molar-refractivity contribution >= 4 is 28.4 Å². The maximum absolute atomic E-state index is 14.3. The van der Waals surface area contributed by atoms with E-state index in [2.05, 4.69) is 23.2 Å². The molecule has 0 radical (unpaired) electrons. The van der Waals surface area contributed by atoms with Gasteiger partial charge in [0.25, 0.3) is 0 Å². The van der Waals surface area contributed by atoms with Gasteiger partial charge in [-0.15, -0.1) is 0 Å². The first kappa shape index (κ1) is 29.1. The van der Waals surface area contributed by atoms with Gasteiger partial charge in [-0.2, -0.15) is 0 Å². The Morgan fingerprint density at radius 3 is 2.67 bits per heavy atom. The molecule has 7 heteroatoms. The average molecular weight is 581 g/mol. The second kappa shape index (κ2) is 12.7. The number of ketones is 1. The van der Waals surface area contributed by atoms with Crippen molar-refractivity contribution in [1.82, 2.24) is 9.88 Å². The van der Waals surface area contributed by atoms with E-state index in [1.54, 1.807) is 11.1 Å². The summed E-state index contributed by atoms with van der Waals surface area (Å²) in [5, 5.41) is 12.1. The number of hydrogen-bond donors (Lipinski definition) is 1. The summed E-state index contributed by atoms with van der Waals surface area (Å²) in [5.74, 6) is -0.996. The second-order valence-electron chi connectivity index (χ2n) is 12.5. The molecule has 0 spiro atoms. The van der Waals surface area contributed by atoms with Gasteiger partial charge in [0, 0.05) is 30.3 Å². The Bertz CT molecular complexity index is 1500. The summed E-state index contributed by atoms with van der Waals surface area (Å²) in [6, 6.07) is 19.3. The number of hydrogen-bond acceptors (Lipinski definition) is 5. The molecule has 3 heterocycles. The molecule has 1 N–H and O–H groups in total. The molecule has 0 unspecified atom stereocenters. The molecule has 224 valence electrons. The zero-order valence-corrected chi connectivity index (χ0v) is 24.6. The number of carboxylic acids is 1. The summed E-state index contributed by atoms with van der Waals surface area (Å²) < 4.78 is 6.42. The van der Waals surface area contributed by atoms with E-state index < -0.39 is 23.5 Å². The number of ether oxygens (including phenoxy) is 1. The molecule has 5 atom stereocenters. The highest BCUT2D eigenvalue weighted by atomic mass is 16.5. The van der Waals surface area contributed by atoms with Gasteiger partial charge >= 0.3 is 5.97 Å². The average Bonchev–Trinajstić information content (AvgIpc) is 3.55. The Balaban J connectivity index is 1.28. The van der Waals surface area contributed by atoms with Crippen molar-refractivity contribution in [3.63, 3.8) is 0 Å². The van der Waals surface area contributed by atoms with Crippen molar-refractivity contribution in [2.45, 2.75) is 76.4 Å². The topological polar surface area (TPSA) is 96.8 Å². The molecule has 2 fully saturated rings.